The number of benzene rings is 3. The molecule has 0 spiro atoms. The molecule has 1 heterocycles. The molecule has 0 saturated carbocycles. The summed E-state index contributed by atoms with van der Waals surface area (Å²) in [5.41, 5.74) is 1.89. The number of rotatable bonds is 3. The maximum absolute atomic E-state index is 13.1. The van der Waals surface area contributed by atoms with E-state index < -0.39 is 17.3 Å². The first-order valence-corrected chi connectivity index (χ1v) is 10.3. The fourth-order valence-electron chi connectivity index (χ4n) is 3.44. The second-order valence-corrected chi connectivity index (χ2v) is 8.02. The molecular formula is C24H18F3N3O2S. The van der Waals surface area contributed by atoms with Gasteiger partial charge in [-0.2, -0.15) is 13.2 Å². The molecule has 4 aromatic rings. The van der Waals surface area contributed by atoms with Crippen molar-refractivity contribution in [2.75, 3.05) is 5.32 Å². The van der Waals surface area contributed by atoms with E-state index in [-0.39, 0.29) is 21.8 Å². The molecule has 2 N–H and O–H groups in total. The predicted octanol–water partition coefficient (Wildman–Crippen LogP) is 5.94. The predicted molar refractivity (Wildman–Crippen MR) is 124 cm³/mol. The van der Waals surface area contributed by atoms with Crippen molar-refractivity contribution in [3.05, 3.63) is 98.0 Å². The van der Waals surface area contributed by atoms with Gasteiger partial charge in [0, 0.05) is 11.3 Å². The lowest BCUT2D eigenvalue weighted by Crippen LogP contribution is -2.21. The molecule has 0 bridgehead atoms. The highest BCUT2D eigenvalue weighted by Crippen LogP contribution is 2.30. The van der Waals surface area contributed by atoms with Crippen molar-refractivity contribution in [1.82, 2.24) is 9.55 Å². The Morgan fingerprint density at radius 3 is 2.45 bits per heavy atom. The average molecular weight is 469 g/mol. The second-order valence-electron chi connectivity index (χ2n) is 7.63. The number of nitrogens with zero attached hydrogens (tertiary/aromatic N) is 1. The molecule has 3 aromatic carbocycles. The van der Waals surface area contributed by atoms with E-state index in [9.17, 15) is 22.8 Å². The molecule has 0 unspecified atom stereocenters. The van der Waals surface area contributed by atoms with Crippen LogP contribution in [0.2, 0.25) is 0 Å². The summed E-state index contributed by atoms with van der Waals surface area (Å²) in [7, 11) is 0. The van der Waals surface area contributed by atoms with Crippen molar-refractivity contribution >= 4 is 34.7 Å². The smallest absolute Gasteiger partial charge is 0.331 e. The third kappa shape index (κ3) is 4.45. The van der Waals surface area contributed by atoms with Crippen LogP contribution >= 0.6 is 12.2 Å². The summed E-state index contributed by atoms with van der Waals surface area (Å²) in [6, 6.07) is 14.3. The topological polar surface area (TPSA) is 66.9 Å². The molecule has 9 heteroatoms. The van der Waals surface area contributed by atoms with E-state index in [2.05, 4.69) is 10.3 Å². The molecule has 0 radical (unpaired) electrons. The fourth-order valence-corrected chi connectivity index (χ4v) is 3.74. The number of nitrogens with one attached hydrogen (secondary N) is 2. The lowest BCUT2D eigenvalue weighted by molar-refractivity contribution is -0.137. The van der Waals surface area contributed by atoms with Gasteiger partial charge in [0.15, 0.2) is 4.77 Å². The van der Waals surface area contributed by atoms with Crippen LogP contribution < -0.4 is 10.9 Å². The first-order chi connectivity index (χ1) is 15.5. The zero-order valence-electron chi connectivity index (χ0n) is 17.6. The van der Waals surface area contributed by atoms with Crippen LogP contribution in [0.5, 0.6) is 0 Å². The molecule has 4 rings (SSSR count). The Morgan fingerprint density at radius 1 is 1.00 bits per heavy atom. The highest BCUT2D eigenvalue weighted by molar-refractivity contribution is 7.71. The minimum Gasteiger partial charge on any atom is -0.331 e. The van der Waals surface area contributed by atoms with Gasteiger partial charge in [-0.15, -0.1) is 0 Å². The normalized spacial score (nSPS) is 11.5. The van der Waals surface area contributed by atoms with E-state index in [0.717, 1.165) is 27.8 Å². The molecule has 0 aliphatic carbocycles. The van der Waals surface area contributed by atoms with Crippen molar-refractivity contribution in [1.29, 1.82) is 0 Å². The summed E-state index contributed by atoms with van der Waals surface area (Å²) >= 11 is 5.25. The van der Waals surface area contributed by atoms with E-state index >= 15 is 0 Å². The Bertz CT molecular complexity index is 1520. The molecule has 0 aliphatic heterocycles. The molecule has 33 heavy (non-hydrogen) atoms. The second kappa shape index (κ2) is 8.32. The van der Waals surface area contributed by atoms with Crippen molar-refractivity contribution in [3.63, 3.8) is 0 Å². The summed E-state index contributed by atoms with van der Waals surface area (Å²) in [6.07, 6.45) is -4.56. The quantitative estimate of drug-likeness (QED) is 0.365. The number of halogens is 3. The minimum absolute atomic E-state index is 0.00506. The molecule has 0 saturated heterocycles. The van der Waals surface area contributed by atoms with Crippen LogP contribution in [-0.4, -0.2) is 15.5 Å². The monoisotopic (exact) mass is 469 g/mol. The third-order valence-electron chi connectivity index (χ3n) is 5.36. The van der Waals surface area contributed by atoms with Crippen LogP contribution in [0.4, 0.5) is 18.9 Å². The molecule has 1 aromatic heterocycles. The Morgan fingerprint density at radius 2 is 1.76 bits per heavy atom. The van der Waals surface area contributed by atoms with E-state index in [4.69, 9.17) is 12.2 Å². The Hall–Kier alpha value is -3.72. The summed E-state index contributed by atoms with van der Waals surface area (Å²) in [5, 5.41) is 2.99. The summed E-state index contributed by atoms with van der Waals surface area (Å²) in [6.45, 7) is 3.91. The molecule has 1 amide bonds. The van der Waals surface area contributed by atoms with Crippen LogP contribution in [0.25, 0.3) is 16.6 Å². The van der Waals surface area contributed by atoms with Crippen LogP contribution in [-0.2, 0) is 6.18 Å². The van der Waals surface area contributed by atoms with Gasteiger partial charge in [0.25, 0.3) is 11.5 Å². The standard InChI is InChI=1S/C24H18F3N3O2S/c1-13-6-8-17(10-14(13)2)28-21(31)15-7-9-19-20(11-15)29-23(33)30(22(19)32)18-5-3-4-16(12-18)24(25,26)27/h3-12H,1-2H3,(H,28,31)(H,29,33). The minimum atomic E-state index is -4.56. The first kappa shape index (κ1) is 22.5. The molecule has 168 valence electrons. The zero-order valence-corrected chi connectivity index (χ0v) is 18.4. The zero-order chi connectivity index (χ0) is 23.9. The lowest BCUT2D eigenvalue weighted by atomic mass is 10.1. The van der Waals surface area contributed by atoms with E-state index in [1.807, 2.05) is 26.0 Å². The number of alkyl halides is 3. The number of carbonyl (C=O) groups excluding carboxylic acids is 1. The van der Waals surface area contributed by atoms with Gasteiger partial charge in [-0.3, -0.25) is 14.2 Å². The maximum Gasteiger partial charge on any atom is 0.416 e. The number of H-pyrrole nitrogens is 1. The Balaban J connectivity index is 1.74. The molecule has 5 nitrogen and oxygen atoms in total. The SMILES string of the molecule is Cc1ccc(NC(=O)c2ccc3c(=O)n(-c4cccc(C(F)(F)F)c4)c(=S)[nH]c3c2)cc1C. The van der Waals surface area contributed by atoms with Crippen molar-refractivity contribution < 1.29 is 18.0 Å². The highest BCUT2D eigenvalue weighted by atomic mass is 32.1. The molecule has 0 aliphatic rings. The van der Waals surface area contributed by atoms with E-state index in [0.29, 0.717) is 16.8 Å². The first-order valence-electron chi connectivity index (χ1n) is 9.90. The van der Waals surface area contributed by atoms with Crippen LogP contribution in [0.15, 0.2) is 65.5 Å². The number of aryl methyl sites for hydroxylation is 2. The number of anilines is 1. The van der Waals surface area contributed by atoms with Gasteiger partial charge in [0.1, 0.15) is 0 Å². The van der Waals surface area contributed by atoms with Crippen molar-refractivity contribution in [3.8, 4) is 5.69 Å². The number of hydrogen-bond donors (Lipinski definition) is 2. The van der Waals surface area contributed by atoms with Crippen LogP contribution in [0, 0.1) is 18.6 Å². The van der Waals surface area contributed by atoms with Gasteiger partial charge >= 0.3 is 6.18 Å². The summed E-state index contributed by atoms with van der Waals surface area (Å²) < 4.78 is 40.2. The van der Waals surface area contributed by atoms with Gasteiger partial charge in [0.05, 0.1) is 22.2 Å². The molecular weight excluding hydrogens is 451 g/mol. The Kier molecular flexibility index (Phi) is 5.67. The maximum atomic E-state index is 13.1. The van der Waals surface area contributed by atoms with Gasteiger partial charge in [0.2, 0.25) is 0 Å². The summed E-state index contributed by atoms with van der Waals surface area (Å²) in [5.74, 6) is -0.374. The van der Waals surface area contributed by atoms with Gasteiger partial charge in [-0.1, -0.05) is 12.1 Å². The number of fused-ring (bicyclic) bond motifs is 1. The Labute approximate surface area is 191 Å². The van der Waals surface area contributed by atoms with Crippen molar-refractivity contribution in [2.45, 2.75) is 20.0 Å². The number of hydrogen-bond acceptors (Lipinski definition) is 3. The highest BCUT2D eigenvalue weighted by Gasteiger charge is 2.30. The van der Waals surface area contributed by atoms with E-state index in [1.165, 1.54) is 30.3 Å². The van der Waals surface area contributed by atoms with Gasteiger partial charge < -0.3 is 10.3 Å². The van der Waals surface area contributed by atoms with Gasteiger partial charge in [-0.05, 0) is 85.7 Å². The average Bonchev–Trinajstić information content (AvgIpc) is 2.75. The number of aromatic nitrogens is 2. The fraction of sp³-hybridized carbons (Fsp3) is 0.125. The number of aromatic amines is 1. The lowest BCUT2D eigenvalue weighted by Gasteiger charge is -2.12. The van der Waals surface area contributed by atoms with Crippen molar-refractivity contribution in [2.24, 2.45) is 0 Å². The van der Waals surface area contributed by atoms with Crippen LogP contribution in [0.1, 0.15) is 27.0 Å². The largest absolute Gasteiger partial charge is 0.416 e. The molecule has 0 atom stereocenters. The molecule has 0 fully saturated rings. The van der Waals surface area contributed by atoms with Gasteiger partial charge in [-0.25, -0.2) is 0 Å². The number of carbonyl (C=O) groups is 1. The summed E-state index contributed by atoms with van der Waals surface area (Å²) in [4.78, 5) is 28.6. The third-order valence-corrected chi connectivity index (χ3v) is 5.64. The van der Waals surface area contributed by atoms with Crippen LogP contribution in [0.3, 0.4) is 0 Å². The van der Waals surface area contributed by atoms with E-state index in [1.54, 1.807) is 6.07 Å². The number of amides is 1.